The fraction of sp³-hybridized carbons (Fsp3) is 0.600. The average molecular weight is 286 g/mol. The van der Waals surface area contributed by atoms with E-state index in [1.807, 2.05) is 0 Å². The number of nitrogens with one attached hydrogen (secondary N) is 1. The maximum atomic E-state index is 13.7. The van der Waals surface area contributed by atoms with Crippen molar-refractivity contribution in [1.82, 2.24) is 5.32 Å². The highest BCUT2D eigenvalue weighted by Gasteiger charge is 2.27. The van der Waals surface area contributed by atoms with Gasteiger partial charge >= 0.3 is 0 Å². The van der Waals surface area contributed by atoms with Gasteiger partial charge in [-0.25, -0.2) is 4.39 Å². The van der Waals surface area contributed by atoms with Crippen molar-refractivity contribution in [2.45, 2.75) is 50.7 Å². The lowest BCUT2D eigenvalue weighted by Gasteiger charge is -2.27. The zero-order chi connectivity index (χ0) is 13.7. The number of hydrogen-bond acceptors (Lipinski definition) is 2. The predicted octanol–water partition coefficient (Wildman–Crippen LogP) is 3.65. The molecule has 2 N–H and O–H groups in total. The Bertz CT molecular complexity index is 417. The van der Waals surface area contributed by atoms with Crippen LogP contribution in [0.2, 0.25) is 5.02 Å². The molecule has 0 heterocycles. The fourth-order valence-electron chi connectivity index (χ4n) is 2.68. The Morgan fingerprint density at radius 2 is 1.89 bits per heavy atom. The summed E-state index contributed by atoms with van der Waals surface area (Å²) < 4.78 is 13.7. The number of hydrogen-bond donors (Lipinski definition) is 2. The van der Waals surface area contributed by atoms with E-state index in [1.165, 1.54) is 12.8 Å². The van der Waals surface area contributed by atoms with E-state index in [2.05, 4.69) is 5.32 Å². The third-order valence-corrected chi connectivity index (χ3v) is 4.13. The van der Waals surface area contributed by atoms with E-state index < -0.39 is 5.60 Å². The number of halogens is 2. The van der Waals surface area contributed by atoms with E-state index in [1.54, 1.807) is 18.2 Å². The van der Waals surface area contributed by atoms with E-state index in [4.69, 9.17) is 11.6 Å². The Morgan fingerprint density at radius 1 is 1.21 bits per heavy atom. The molecule has 1 aliphatic rings. The van der Waals surface area contributed by atoms with Crippen molar-refractivity contribution in [3.05, 3.63) is 34.6 Å². The summed E-state index contributed by atoms with van der Waals surface area (Å²) in [5.74, 6) is -0.371. The second-order valence-electron chi connectivity index (χ2n) is 5.46. The molecule has 1 saturated carbocycles. The van der Waals surface area contributed by atoms with Gasteiger partial charge in [-0.2, -0.15) is 0 Å². The monoisotopic (exact) mass is 285 g/mol. The van der Waals surface area contributed by atoms with Gasteiger partial charge in [-0.15, -0.1) is 0 Å². The molecule has 0 radical (unpaired) electrons. The third kappa shape index (κ3) is 4.16. The molecule has 4 heteroatoms. The van der Waals surface area contributed by atoms with Crippen molar-refractivity contribution in [3.8, 4) is 0 Å². The summed E-state index contributed by atoms with van der Waals surface area (Å²) in [4.78, 5) is 0. The Hall–Kier alpha value is -0.640. The van der Waals surface area contributed by atoms with Gasteiger partial charge in [-0.05, 0) is 18.9 Å². The van der Waals surface area contributed by atoms with Gasteiger partial charge in [0.2, 0.25) is 0 Å². The van der Waals surface area contributed by atoms with E-state index >= 15 is 0 Å². The molecule has 1 fully saturated rings. The van der Waals surface area contributed by atoms with E-state index in [9.17, 15) is 9.50 Å². The molecule has 106 valence electrons. The average Bonchev–Trinajstić information content (AvgIpc) is 2.60. The van der Waals surface area contributed by atoms with Gasteiger partial charge in [0.05, 0.1) is 10.6 Å². The molecule has 0 aromatic heterocycles. The minimum absolute atomic E-state index is 0.146. The summed E-state index contributed by atoms with van der Waals surface area (Å²) in [5, 5.41) is 13.8. The van der Waals surface area contributed by atoms with Gasteiger partial charge in [0.1, 0.15) is 5.82 Å². The van der Waals surface area contributed by atoms with E-state index in [-0.39, 0.29) is 10.8 Å². The van der Waals surface area contributed by atoms with Crippen LogP contribution in [0.3, 0.4) is 0 Å². The third-order valence-electron chi connectivity index (χ3n) is 3.84. The minimum Gasteiger partial charge on any atom is -0.389 e. The Balaban J connectivity index is 1.87. The zero-order valence-electron chi connectivity index (χ0n) is 11.1. The lowest BCUT2D eigenvalue weighted by atomic mass is 9.94. The van der Waals surface area contributed by atoms with Crippen LogP contribution in [0.5, 0.6) is 0 Å². The summed E-state index contributed by atoms with van der Waals surface area (Å²) in [6.07, 6.45) is 6.21. The Labute approximate surface area is 119 Å². The SMILES string of the molecule is OC1(CNCc2cccc(Cl)c2F)CCCCCC1. The predicted molar refractivity (Wildman–Crippen MR) is 75.8 cm³/mol. The van der Waals surface area contributed by atoms with Gasteiger partial charge < -0.3 is 10.4 Å². The summed E-state index contributed by atoms with van der Waals surface area (Å²) >= 11 is 5.74. The quantitative estimate of drug-likeness (QED) is 0.828. The van der Waals surface area contributed by atoms with Crippen molar-refractivity contribution in [2.24, 2.45) is 0 Å². The largest absolute Gasteiger partial charge is 0.389 e. The highest BCUT2D eigenvalue weighted by molar-refractivity contribution is 6.30. The van der Waals surface area contributed by atoms with Crippen LogP contribution in [-0.4, -0.2) is 17.3 Å². The molecule has 19 heavy (non-hydrogen) atoms. The highest BCUT2D eigenvalue weighted by atomic mass is 35.5. The van der Waals surface area contributed by atoms with Crippen LogP contribution in [0.4, 0.5) is 4.39 Å². The maximum absolute atomic E-state index is 13.7. The lowest BCUT2D eigenvalue weighted by Crippen LogP contribution is -2.40. The Kier molecular flexibility index (Phi) is 5.20. The first-order valence-electron chi connectivity index (χ1n) is 6.97. The molecule has 2 rings (SSSR count). The van der Waals surface area contributed by atoms with Gasteiger partial charge in [-0.1, -0.05) is 49.4 Å². The first kappa shape index (κ1) is 14.8. The van der Waals surface area contributed by atoms with Crippen molar-refractivity contribution >= 4 is 11.6 Å². The molecule has 2 nitrogen and oxygen atoms in total. The van der Waals surface area contributed by atoms with Crippen LogP contribution in [0.1, 0.15) is 44.1 Å². The van der Waals surface area contributed by atoms with Gasteiger partial charge in [0, 0.05) is 18.7 Å². The topological polar surface area (TPSA) is 32.3 Å². The van der Waals surface area contributed by atoms with Crippen molar-refractivity contribution < 1.29 is 9.50 Å². The zero-order valence-corrected chi connectivity index (χ0v) is 11.8. The molecule has 1 aromatic carbocycles. The lowest BCUT2D eigenvalue weighted by molar-refractivity contribution is 0.0250. The molecule has 0 bridgehead atoms. The molecular formula is C15H21ClFNO. The van der Waals surface area contributed by atoms with E-state index in [0.29, 0.717) is 18.7 Å². The maximum Gasteiger partial charge on any atom is 0.146 e. The number of rotatable bonds is 4. The molecule has 0 spiro atoms. The van der Waals surface area contributed by atoms with Crippen LogP contribution in [0.15, 0.2) is 18.2 Å². The smallest absolute Gasteiger partial charge is 0.146 e. The molecule has 0 amide bonds. The first-order chi connectivity index (χ1) is 9.11. The van der Waals surface area contributed by atoms with Crippen LogP contribution in [0, 0.1) is 5.82 Å². The van der Waals surface area contributed by atoms with Crippen LogP contribution < -0.4 is 5.32 Å². The van der Waals surface area contributed by atoms with Crippen LogP contribution >= 0.6 is 11.6 Å². The highest BCUT2D eigenvalue weighted by Crippen LogP contribution is 2.26. The van der Waals surface area contributed by atoms with Gasteiger partial charge in [0.15, 0.2) is 0 Å². The first-order valence-corrected chi connectivity index (χ1v) is 7.34. The number of benzene rings is 1. The molecule has 1 aromatic rings. The minimum atomic E-state index is -0.633. The van der Waals surface area contributed by atoms with E-state index in [0.717, 1.165) is 25.7 Å². The summed E-state index contributed by atoms with van der Waals surface area (Å²) in [6, 6.07) is 4.99. The van der Waals surface area contributed by atoms with Crippen LogP contribution in [0.25, 0.3) is 0 Å². The van der Waals surface area contributed by atoms with Crippen molar-refractivity contribution in [2.75, 3.05) is 6.54 Å². The standard InChI is InChI=1S/C15H21ClFNO/c16-13-7-5-6-12(14(13)17)10-18-11-15(19)8-3-1-2-4-9-15/h5-7,18-19H,1-4,8-11H2. The molecule has 0 atom stereocenters. The fourth-order valence-corrected chi connectivity index (χ4v) is 2.87. The molecule has 1 aliphatic carbocycles. The van der Waals surface area contributed by atoms with Crippen LogP contribution in [-0.2, 0) is 6.54 Å². The number of aliphatic hydroxyl groups is 1. The summed E-state index contributed by atoms with van der Waals surface area (Å²) in [5.41, 5.74) is -0.0873. The summed E-state index contributed by atoms with van der Waals surface area (Å²) in [6.45, 7) is 0.910. The molecule has 0 unspecified atom stereocenters. The van der Waals surface area contributed by atoms with Crippen molar-refractivity contribution in [3.63, 3.8) is 0 Å². The Morgan fingerprint density at radius 3 is 2.58 bits per heavy atom. The summed E-state index contributed by atoms with van der Waals surface area (Å²) in [7, 11) is 0. The van der Waals surface area contributed by atoms with Crippen molar-refractivity contribution in [1.29, 1.82) is 0 Å². The second-order valence-corrected chi connectivity index (χ2v) is 5.86. The molecule has 0 saturated heterocycles. The molecular weight excluding hydrogens is 265 g/mol. The normalized spacial score (nSPS) is 19.1. The second kappa shape index (κ2) is 6.69. The van der Waals surface area contributed by atoms with Gasteiger partial charge in [0.25, 0.3) is 0 Å². The molecule has 0 aliphatic heterocycles. The van der Waals surface area contributed by atoms with Gasteiger partial charge in [-0.3, -0.25) is 0 Å².